The van der Waals surface area contributed by atoms with Crippen molar-refractivity contribution < 1.29 is 18.4 Å². The van der Waals surface area contributed by atoms with Crippen LogP contribution in [-0.4, -0.2) is 46.0 Å². The van der Waals surface area contributed by atoms with Gasteiger partial charge in [0.15, 0.2) is 5.17 Å². The molecule has 0 radical (unpaired) electrons. The number of hydrogen-bond donors (Lipinski definition) is 1. The standard InChI is InChI=1S/C18H18F2N6O3S/c1-9-14(20)15(29-2)23-17(22-9)25-6-10-7-30-16(21)24-18(10,8-25)12-5-11(26(27)28)3-4-13(12)19/h3-5,10H,6-8H2,1-2H3,(H2,21,24). The number of aromatic nitrogens is 2. The first-order valence-corrected chi connectivity index (χ1v) is 9.99. The molecule has 2 aliphatic rings. The van der Waals surface area contributed by atoms with E-state index in [1.165, 1.54) is 31.9 Å². The molecule has 1 saturated heterocycles. The predicted molar refractivity (Wildman–Crippen MR) is 108 cm³/mol. The quantitative estimate of drug-likeness (QED) is 0.573. The highest BCUT2D eigenvalue weighted by Crippen LogP contribution is 2.47. The van der Waals surface area contributed by atoms with Crippen LogP contribution in [-0.2, 0) is 5.54 Å². The number of nitrogens with zero attached hydrogens (tertiary/aromatic N) is 5. The second kappa shape index (κ2) is 7.35. The molecule has 0 spiro atoms. The van der Waals surface area contributed by atoms with Gasteiger partial charge in [-0.1, -0.05) is 11.8 Å². The Labute approximate surface area is 174 Å². The van der Waals surface area contributed by atoms with Crippen molar-refractivity contribution >= 4 is 28.6 Å². The minimum atomic E-state index is -1.15. The average molecular weight is 436 g/mol. The predicted octanol–water partition coefficient (Wildman–Crippen LogP) is 2.37. The van der Waals surface area contributed by atoms with Crippen molar-refractivity contribution in [3.8, 4) is 5.88 Å². The smallest absolute Gasteiger partial charge is 0.270 e. The Morgan fingerprint density at radius 2 is 2.17 bits per heavy atom. The molecule has 2 aliphatic heterocycles. The third-order valence-electron chi connectivity index (χ3n) is 5.37. The SMILES string of the molecule is COc1nc(N2CC3CSC(N)=NC3(c3cc([N+](=O)[O-])ccc3F)C2)nc(C)c1F. The van der Waals surface area contributed by atoms with Gasteiger partial charge in [-0.3, -0.25) is 10.1 Å². The second-order valence-corrected chi connectivity index (χ2v) is 8.16. The molecule has 0 aliphatic carbocycles. The van der Waals surface area contributed by atoms with E-state index in [1.54, 1.807) is 4.90 Å². The van der Waals surface area contributed by atoms with Crippen LogP contribution in [0.15, 0.2) is 23.2 Å². The van der Waals surface area contributed by atoms with E-state index in [2.05, 4.69) is 15.0 Å². The lowest BCUT2D eigenvalue weighted by molar-refractivity contribution is -0.385. The monoisotopic (exact) mass is 436 g/mol. The van der Waals surface area contributed by atoms with Crippen LogP contribution in [0.2, 0.25) is 0 Å². The van der Waals surface area contributed by atoms with Crippen molar-refractivity contribution in [1.29, 1.82) is 0 Å². The number of halogens is 2. The molecular formula is C18H18F2N6O3S. The van der Waals surface area contributed by atoms with Crippen LogP contribution in [0.3, 0.4) is 0 Å². The summed E-state index contributed by atoms with van der Waals surface area (Å²) in [6.45, 7) is 2.01. The first-order valence-electron chi connectivity index (χ1n) is 9.01. The van der Waals surface area contributed by atoms with Gasteiger partial charge in [-0.2, -0.15) is 9.37 Å². The van der Waals surface area contributed by atoms with Crippen molar-refractivity contribution in [1.82, 2.24) is 9.97 Å². The topological polar surface area (TPSA) is 120 Å². The molecule has 1 aromatic carbocycles. The summed E-state index contributed by atoms with van der Waals surface area (Å²) in [6, 6.07) is 3.38. The van der Waals surface area contributed by atoms with Crippen LogP contribution in [0.4, 0.5) is 20.4 Å². The number of aryl methyl sites for hydroxylation is 1. The van der Waals surface area contributed by atoms with E-state index in [4.69, 9.17) is 10.5 Å². The molecule has 0 amide bonds. The first-order chi connectivity index (χ1) is 14.2. The Balaban J connectivity index is 1.83. The van der Waals surface area contributed by atoms with E-state index in [-0.39, 0.29) is 46.4 Å². The Morgan fingerprint density at radius 1 is 1.40 bits per heavy atom. The number of nitro benzene ring substituents is 1. The molecule has 1 aromatic heterocycles. The van der Waals surface area contributed by atoms with Crippen LogP contribution >= 0.6 is 11.8 Å². The lowest BCUT2D eigenvalue weighted by Gasteiger charge is -2.34. The number of ether oxygens (including phenoxy) is 1. The van der Waals surface area contributed by atoms with Gasteiger partial charge in [0.25, 0.3) is 11.6 Å². The van der Waals surface area contributed by atoms with Crippen LogP contribution in [0.5, 0.6) is 5.88 Å². The van der Waals surface area contributed by atoms with Gasteiger partial charge in [-0.25, -0.2) is 14.4 Å². The third kappa shape index (κ3) is 3.20. The zero-order chi connectivity index (χ0) is 21.6. The lowest BCUT2D eigenvalue weighted by Crippen LogP contribution is -2.40. The van der Waals surface area contributed by atoms with Gasteiger partial charge < -0.3 is 15.4 Å². The summed E-state index contributed by atoms with van der Waals surface area (Å²) in [4.78, 5) is 25.3. The summed E-state index contributed by atoms with van der Waals surface area (Å²) < 4.78 is 34.0. The number of amidine groups is 1. The van der Waals surface area contributed by atoms with E-state index in [1.807, 2.05) is 0 Å². The number of non-ortho nitro benzene ring substituents is 1. The van der Waals surface area contributed by atoms with E-state index >= 15 is 0 Å². The number of nitro groups is 1. The minimum Gasteiger partial charge on any atom is -0.479 e. The van der Waals surface area contributed by atoms with Crippen molar-refractivity contribution in [2.24, 2.45) is 16.6 Å². The molecule has 2 N–H and O–H groups in total. The number of methoxy groups -OCH3 is 1. The fraction of sp³-hybridized carbons (Fsp3) is 0.389. The molecule has 4 rings (SSSR count). The van der Waals surface area contributed by atoms with Crippen LogP contribution < -0.4 is 15.4 Å². The Hall–Kier alpha value is -3.02. The molecule has 1 fully saturated rings. The summed E-state index contributed by atoms with van der Waals surface area (Å²) in [6.07, 6.45) is 0. The van der Waals surface area contributed by atoms with Crippen LogP contribution in [0, 0.1) is 34.6 Å². The largest absolute Gasteiger partial charge is 0.479 e. The van der Waals surface area contributed by atoms with Crippen LogP contribution in [0.25, 0.3) is 0 Å². The third-order valence-corrected chi connectivity index (χ3v) is 6.32. The van der Waals surface area contributed by atoms with Crippen LogP contribution in [0.1, 0.15) is 11.3 Å². The van der Waals surface area contributed by atoms with Crippen molar-refractivity contribution in [2.75, 3.05) is 30.9 Å². The van der Waals surface area contributed by atoms with Gasteiger partial charge in [0, 0.05) is 35.9 Å². The number of rotatable bonds is 4. The van der Waals surface area contributed by atoms with E-state index in [9.17, 15) is 18.9 Å². The molecule has 2 unspecified atom stereocenters. The van der Waals surface area contributed by atoms with E-state index in [0.717, 1.165) is 12.1 Å². The Bertz CT molecular complexity index is 1070. The highest BCUT2D eigenvalue weighted by molar-refractivity contribution is 8.13. The van der Waals surface area contributed by atoms with E-state index in [0.29, 0.717) is 12.3 Å². The average Bonchev–Trinajstić information content (AvgIpc) is 3.09. The molecule has 2 aromatic rings. The summed E-state index contributed by atoms with van der Waals surface area (Å²) in [5.41, 5.74) is 4.79. The normalized spacial score (nSPS) is 23.1. The maximum Gasteiger partial charge on any atom is 0.270 e. The van der Waals surface area contributed by atoms with E-state index < -0.39 is 22.1 Å². The Morgan fingerprint density at radius 3 is 2.87 bits per heavy atom. The zero-order valence-electron chi connectivity index (χ0n) is 16.1. The molecule has 30 heavy (non-hydrogen) atoms. The fourth-order valence-electron chi connectivity index (χ4n) is 3.91. The fourth-order valence-corrected chi connectivity index (χ4v) is 4.89. The number of benzene rings is 1. The molecule has 158 valence electrons. The minimum absolute atomic E-state index is 0.0956. The highest BCUT2D eigenvalue weighted by Gasteiger charge is 2.52. The first kappa shape index (κ1) is 20.3. The lowest BCUT2D eigenvalue weighted by atomic mass is 9.81. The van der Waals surface area contributed by atoms with Gasteiger partial charge in [0.2, 0.25) is 11.8 Å². The summed E-state index contributed by atoms with van der Waals surface area (Å²) in [5, 5.41) is 11.5. The molecular weight excluding hydrogens is 418 g/mol. The maximum absolute atomic E-state index is 14.9. The molecule has 0 saturated carbocycles. The van der Waals surface area contributed by atoms with Crippen molar-refractivity contribution in [3.63, 3.8) is 0 Å². The molecule has 0 bridgehead atoms. The number of anilines is 1. The summed E-state index contributed by atoms with van der Waals surface area (Å²) in [7, 11) is 1.31. The van der Waals surface area contributed by atoms with Crippen molar-refractivity contribution in [2.45, 2.75) is 12.5 Å². The molecule has 12 heteroatoms. The second-order valence-electron chi connectivity index (χ2n) is 7.12. The maximum atomic E-state index is 14.9. The number of thioether (sulfide) groups is 1. The zero-order valence-corrected chi connectivity index (χ0v) is 16.9. The van der Waals surface area contributed by atoms with Gasteiger partial charge in [-0.05, 0) is 13.0 Å². The van der Waals surface area contributed by atoms with Gasteiger partial charge in [-0.15, -0.1) is 0 Å². The molecule has 2 atom stereocenters. The van der Waals surface area contributed by atoms with Gasteiger partial charge >= 0.3 is 0 Å². The number of nitrogens with two attached hydrogens (primary N) is 1. The number of aliphatic imine (C=N–C) groups is 1. The van der Waals surface area contributed by atoms with Gasteiger partial charge in [0.05, 0.1) is 24.3 Å². The highest BCUT2D eigenvalue weighted by atomic mass is 32.2. The summed E-state index contributed by atoms with van der Waals surface area (Å²) >= 11 is 1.33. The summed E-state index contributed by atoms with van der Waals surface area (Å²) in [5.74, 6) is -0.929. The number of fused-ring (bicyclic) bond motifs is 1. The molecule has 3 heterocycles. The number of hydrogen-bond acceptors (Lipinski definition) is 9. The van der Waals surface area contributed by atoms with Crippen molar-refractivity contribution in [3.05, 3.63) is 51.2 Å². The molecule has 9 nitrogen and oxygen atoms in total. The Kier molecular flexibility index (Phi) is 4.96. The van der Waals surface area contributed by atoms with Gasteiger partial charge in [0.1, 0.15) is 11.4 Å².